The van der Waals surface area contributed by atoms with Crippen molar-refractivity contribution in [3.8, 4) is 0 Å². The first kappa shape index (κ1) is 24.4. The van der Waals surface area contributed by atoms with Crippen LogP contribution in [-0.4, -0.2) is 46.8 Å². The number of aromatic nitrogens is 1. The van der Waals surface area contributed by atoms with Crippen LogP contribution in [0.5, 0.6) is 0 Å². The molecule has 0 aliphatic heterocycles. The monoisotopic (exact) mass is 426 g/mol. The molecule has 0 aliphatic carbocycles. The Morgan fingerprint density at radius 3 is 2.10 bits per heavy atom. The van der Waals surface area contributed by atoms with Crippen molar-refractivity contribution >= 4 is 17.7 Å². The van der Waals surface area contributed by atoms with Crippen LogP contribution in [0.25, 0.3) is 0 Å². The minimum atomic E-state index is -0.674. The third kappa shape index (κ3) is 4.89. The average molecular weight is 427 g/mol. The zero-order chi connectivity index (χ0) is 23.5. The summed E-state index contributed by atoms with van der Waals surface area (Å²) in [7, 11) is 1.33. The summed E-state index contributed by atoms with van der Waals surface area (Å²) < 4.78 is 6.74. The molecule has 1 heterocycles. The summed E-state index contributed by atoms with van der Waals surface area (Å²) in [6, 6.07) is 6.70. The van der Waals surface area contributed by atoms with Gasteiger partial charge >= 0.3 is 5.97 Å². The van der Waals surface area contributed by atoms with E-state index in [0.717, 1.165) is 5.56 Å². The summed E-state index contributed by atoms with van der Waals surface area (Å²) in [5.41, 5.74) is 3.80. The molecule has 1 aromatic heterocycles. The van der Waals surface area contributed by atoms with E-state index in [1.807, 2.05) is 46.8 Å². The molecule has 0 saturated carbocycles. The van der Waals surface area contributed by atoms with Gasteiger partial charge in [-0.15, -0.1) is 0 Å². The largest absolute Gasteiger partial charge is 0.464 e. The number of Topliss-reactive ketones (excluding diaryl/α,β-unsaturated/α-hetero) is 1. The van der Waals surface area contributed by atoms with Crippen molar-refractivity contribution in [2.24, 2.45) is 5.92 Å². The Balaban J connectivity index is 2.50. The van der Waals surface area contributed by atoms with Crippen molar-refractivity contribution in [2.75, 3.05) is 13.7 Å². The number of benzene rings is 1. The first-order valence-corrected chi connectivity index (χ1v) is 10.7. The van der Waals surface area contributed by atoms with Crippen molar-refractivity contribution in [1.29, 1.82) is 0 Å². The van der Waals surface area contributed by atoms with Crippen LogP contribution in [0.4, 0.5) is 0 Å². The van der Waals surface area contributed by atoms with Gasteiger partial charge < -0.3 is 14.2 Å². The van der Waals surface area contributed by atoms with Crippen molar-refractivity contribution in [3.05, 3.63) is 57.9 Å². The van der Waals surface area contributed by atoms with Crippen LogP contribution in [0.15, 0.2) is 24.3 Å². The lowest BCUT2D eigenvalue weighted by Gasteiger charge is -2.30. The normalized spacial score (nSPS) is 12.0. The van der Waals surface area contributed by atoms with E-state index in [0.29, 0.717) is 41.2 Å². The Kier molecular flexibility index (Phi) is 7.82. The molecular formula is C25H34N2O4. The van der Waals surface area contributed by atoms with Crippen molar-refractivity contribution < 1.29 is 19.1 Å². The number of methoxy groups -OCH3 is 1. The Bertz CT molecular complexity index is 970. The van der Waals surface area contributed by atoms with Crippen LogP contribution in [0.3, 0.4) is 0 Å². The summed E-state index contributed by atoms with van der Waals surface area (Å²) >= 11 is 0. The lowest BCUT2D eigenvalue weighted by molar-refractivity contribution is 0.0586. The number of aryl methyl sites for hydroxylation is 1. The second-order valence-electron chi connectivity index (χ2n) is 8.43. The third-order valence-electron chi connectivity index (χ3n) is 5.68. The van der Waals surface area contributed by atoms with E-state index < -0.39 is 12.0 Å². The summed E-state index contributed by atoms with van der Waals surface area (Å²) in [6.07, 6.45) is 0. The molecule has 0 spiro atoms. The molecule has 1 aromatic carbocycles. The molecule has 1 amide bonds. The van der Waals surface area contributed by atoms with Crippen molar-refractivity contribution in [2.45, 2.75) is 61.1 Å². The Hall–Kier alpha value is -2.89. The van der Waals surface area contributed by atoms with Gasteiger partial charge in [-0.2, -0.15) is 0 Å². The maximum atomic E-state index is 13.6. The molecule has 168 valence electrons. The number of carbonyl (C=O) groups is 3. The van der Waals surface area contributed by atoms with Gasteiger partial charge in [0.1, 0.15) is 5.69 Å². The molecule has 0 N–H and O–H groups in total. The molecule has 0 aliphatic rings. The fraction of sp³-hybridized carbons (Fsp3) is 0.480. The highest BCUT2D eigenvalue weighted by molar-refractivity contribution is 6.07. The van der Waals surface area contributed by atoms with Crippen LogP contribution in [0.2, 0.25) is 0 Å². The highest BCUT2D eigenvalue weighted by Gasteiger charge is 2.33. The number of esters is 1. The number of nitrogens with zero attached hydrogens (tertiary/aromatic N) is 2. The molecule has 1 unspecified atom stereocenters. The van der Waals surface area contributed by atoms with Crippen molar-refractivity contribution in [3.63, 3.8) is 0 Å². The number of hydrogen-bond donors (Lipinski definition) is 0. The third-order valence-corrected chi connectivity index (χ3v) is 5.68. The topological polar surface area (TPSA) is 68.6 Å². The van der Waals surface area contributed by atoms with Crippen LogP contribution in [0.1, 0.15) is 75.7 Å². The lowest BCUT2D eigenvalue weighted by Crippen LogP contribution is -2.45. The van der Waals surface area contributed by atoms with E-state index in [9.17, 15) is 14.4 Å². The van der Waals surface area contributed by atoms with Gasteiger partial charge in [0.15, 0.2) is 5.78 Å². The average Bonchev–Trinajstić information content (AvgIpc) is 2.99. The number of hydrogen-bond acceptors (Lipinski definition) is 4. The number of carbonyl (C=O) groups excluding carboxylic acids is 3. The van der Waals surface area contributed by atoms with Gasteiger partial charge in [0, 0.05) is 29.9 Å². The van der Waals surface area contributed by atoms with Gasteiger partial charge in [0.2, 0.25) is 0 Å². The van der Waals surface area contributed by atoms with E-state index in [1.165, 1.54) is 7.11 Å². The predicted octanol–water partition coefficient (Wildman–Crippen LogP) is 4.59. The fourth-order valence-electron chi connectivity index (χ4n) is 4.04. The summed E-state index contributed by atoms with van der Waals surface area (Å²) in [5, 5.41) is 0. The van der Waals surface area contributed by atoms with E-state index >= 15 is 0 Å². The van der Waals surface area contributed by atoms with Crippen LogP contribution in [-0.2, 0) is 11.3 Å². The molecular weight excluding hydrogens is 392 g/mol. The zero-order valence-electron chi connectivity index (χ0n) is 19.9. The van der Waals surface area contributed by atoms with Gasteiger partial charge in [0.25, 0.3) is 5.91 Å². The standard InChI is InChI=1S/C25H34N2O4/c1-9-26-18(6)21(17(5)22(26)25(30)31-8)23(28)19(7)27(14-15(2)3)24(29)20-12-10-16(4)11-13-20/h10-13,15,19H,9,14H2,1-8H3. The van der Waals surface area contributed by atoms with E-state index in [1.54, 1.807) is 35.4 Å². The molecule has 6 heteroatoms. The Labute approximate surface area is 185 Å². The van der Waals surface area contributed by atoms with E-state index in [2.05, 4.69) is 0 Å². The molecule has 0 radical (unpaired) electrons. The van der Waals surface area contributed by atoms with Gasteiger partial charge in [-0.25, -0.2) is 4.79 Å². The van der Waals surface area contributed by atoms with Gasteiger partial charge in [0.05, 0.1) is 13.2 Å². The number of ketones is 1. The van der Waals surface area contributed by atoms with E-state index in [-0.39, 0.29) is 17.6 Å². The lowest BCUT2D eigenvalue weighted by atomic mass is 9.98. The molecule has 2 aromatic rings. The fourth-order valence-corrected chi connectivity index (χ4v) is 4.04. The van der Waals surface area contributed by atoms with Crippen molar-refractivity contribution in [1.82, 2.24) is 9.47 Å². The van der Waals surface area contributed by atoms with Gasteiger partial charge in [-0.1, -0.05) is 31.5 Å². The maximum Gasteiger partial charge on any atom is 0.354 e. The quantitative estimate of drug-likeness (QED) is 0.457. The molecule has 6 nitrogen and oxygen atoms in total. The minimum absolute atomic E-state index is 0.173. The maximum absolute atomic E-state index is 13.6. The van der Waals surface area contributed by atoms with Crippen LogP contribution < -0.4 is 0 Å². The van der Waals surface area contributed by atoms with Gasteiger partial charge in [-0.3, -0.25) is 9.59 Å². The molecule has 1 atom stereocenters. The number of amides is 1. The summed E-state index contributed by atoms with van der Waals surface area (Å²) in [6.45, 7) is 14.3. The SMILES string of the molecule is CCn1c(C)c(C(=O)C(C)N(CC(C)C)C(=O)c2ccc(C)cc2)c(C)c1C(=O)OC. The number of rotatable bonds is 8. The summed E-state index contributed by atoms with van der Waals surface area (Å²) in [4.78, 5) is 40.9. The minimum Gasteiger partial charge on any atom is -0.464 e. The Morgan fingerprint density at radius 1 is 1.03 bits per heavy atom. The second kappa shape index (κ2) is 9.94. The van der Waals surface area contributed by atoms with Crippen LogP contribution in [0, 0.1) is 26.7 Å². The first-order valence-electron chi connectivity index (χ1n) is 10.7. The van der Waals surface area contributed by atoms with Gasteiger partial charge in [-0.05, 0) is 58.2 Å². The zero-order valence-corrected chi connectivity index (χ0v) is 19.9. The van der Waals surface area contributed by atoms with Crippen LogP contribution >= 0.6 is 0 Å². The Morgan fingerprint density at radius 2 is 1.61 bits per heavy atom. The predicted molar refractivity (Wildman–Crippen MR) is 122 cm³/mol. The van der Waals surface area contributed by atoms with E-state index in [4.69, 9.17) is 4.74 Å². The molecule has 2 rings (SSSR count). The number of ether oxygens (including phenoxy) is 1. The second-order valence-corrected chi connectivity index (χ2v) is 8.43. The summed E-state index contributed by atoms with van der Waals surface area (Å²) in [5.74, 6) is -0.622. The smallest absolute Gasteiger partial charge is 0.354 e. The highest BCUT2D eigenvalue weighted by Crippen LogP contribution is 2.26. The first-order chi connectivity index (χ1) is 14.5. The molecule has 0 bridgehead atoms. The highest BCUT2D eigenvalue weighted by atomic mass is 16.5. The molecule has 0 saturated heterocycles. The molecule has 0 fully saturated rings. The molecule has 31 heavy (non-hydrogen) atoms.